The third-order valence-electron chi connectivity index (χ3n) is 15.7. The van der Waals surface area contributed by atoms with Crippen LogP contribution >= 0.6 is 0 Å². The molecule has 0 radical (unpaired) electrons. The van der Waals surface area contributed by atoms with E-state index in [0.717, 1.165) is 117 Å². The number of para-hydroxylation sites is 12. The molecule has 342 valence electrons. The minimum atomic E-state index is -0.288. The minimum absolute atomic E-state index is 0.246. The van der Waals surface area contributed by atoms with Crippen LogP contribution in [-0.2, 0) is 0 Å². The number of rotatable bonds is 3. The molecule has 0 bridgehead atoms. The third-order valence-corrected chi connectivity index (χ3v) is 15.7. The molecule has 0 saturated heterocycles. The van der Waals surface area contributed by atoms with Gasteiger partial charge in [0.2, 0.25) is 17.4 Å². The molecular weight excluding hydrogens is 916 g/mol. The standard InChI is InChI=1S/C61H33B2N7O4/c1-13-29-47-34(17-1)62-35-18-2-14-30-48(35)72-56-52(46(33-51(71-47)54(56)62)69-43-26-10-9-25-42(43)67-40-23-7-5-21-38(40)64-60(67)69)53-57-55-59(74-50-32-16-4-20-37(50)63(55)36-19-3-15-31-49(36)73-57)66-58(53)70-45-28-12-11-27-44(45)68-41-24-8-6-22-39(41)65-61(68)70/h1-33H. The number of pyridine rings is 1. The second-order valence-corrected chi connectivity index (χ2v) is 19.4. The van der Waals surface area contributed by atoms with Gasteiger partial charge in [0.1, 0.15) is 40.2 Å². The fraction of sp³-hybridized carbons (Fsp3) is 0. The third kappa shape index (κ3) is 4.85. The summed E-state index contributed by atoms with van der Waals surface area (Å²) in [5, 5.41) is 0. The molecule has 0 aliphatic carbocycles. The normalized spacial score (nSPS) is 13.5. The molecule has 13 heteroatoms. The molecule has 9 heterocycles. The molecule has 0 saturated carbocycles. The van der Waals surface area contributed by atoms with E-state index in [1.165, 1.54) is 0 Å². The van der Waals surface area contributed by atoms with E-state index in [1.807, 2.05) is 42.5 Å². The van der Waals surface area contributed by atoms with Crippen molar-refractivity contribution in [3.05, 3.63) is 200 Å². The van der Waals surface area contributed by atoms with Gasteiger partial charge in [-0.3, -0.25) is 17.9 Å². The van der Waals surface area contributed by atoms with Crippen molar-refractivity contribution in [3.63, 3.8) is 0 Å². The Labute approximate surface area is 420 Å². The number of aromatic nitrogens is 7. The number of imidazole rings is 4. The van der Waals surface area contributed by atoms with Gasteiger partial charge in [0.05, 0.1) is 60.9 Å². The maximum atomic E-state index is 7.59. The van der Waals surface area contributed by atoms with E-state index in [1.54, 1.807) is 0 Å². The molecule has 9 aromatic carbocycles. The van der Waals surface area contributed by atoms with E-state index in [4.69, 9.17) is 33.9 Å². The average Bonchev–Trinajstić information content (AvgIpc) is 4.20. The first-order valence-electron chi connectivity index (χ1n) is 24.8. The molecule has 5 aromatic heterocycles. The number of nitrogens with zero attached hydrogens (tertiary/aromatic N) is 7. The molecule has 74 heavy (non-hydrogen) atoms. The fourth-order valence-corrected chi connectivity index (χ4v) is 12.7. The van der Waals surface area contributed by atoms with Crippen molar-refractivity contribution in [2.75, 3.05) is 0 Å². The van der Waals surface area contributed by atoms with Crippen molar-refractivity contribution in [1.29, 1.82) is 0 Å². The molecule has 0 unspecified atom stereocenters. The average molecular weight is 950 g/mol. The Balaban J connectivity index is 1.08. The molecule has 14 aromatic rings. The molecule has 4 aliphatic heterocycles. The van der Waals surface area contributed by atoms with E-state index in [2.05, 4.69) is 176 Å². The van der Waals surface area contributed by atoms with Crippen LogP contribution in [0.3, 0.4) is 0 Å². The first-order chi connectivity index (χ1) is 36.7. The minimum Gasteiger partial charge on any atom is -0.458 e. The summed E-state index contributed by atoms with van der Waals surface area (Å²) < 4.78 is 38.3. The van der Waals surface area contributed by atoms with Crippen LogP contribution in [0.4, 0.5) is 0 Å². The maximum absolute atomic E-state index is 7.59. The van der Waals surface area contributed by atoms with E-state index >= 15 is 0 Å². The summed E-state index contributed by atoms with van der Waals surface area (Å²) in [5.41, 5.74) is 15.6. The van der Waals surface area contributed by atoms with Gasteiger partial charge in [-0.15, -0.1) is 0 Å². The molecule has 4 aliphatic rings. The highest BCUT2D eigenvalue weighted by molar-refractivity contribution is 6.99. The summed E-state index contributed by atoms with van der Waals surface area (Å²) in [6.45, 7) is -0.533. The van der Waals surface area contributed by atoms with Gasteiger partial charge < -0.3 is 18.9 Å². The van der Waals surface area contributed by atoms with E-state index < -0.39 is 0 Å². The van der Waals surface area contributed by atoms with Crippen LogP contribution in [0, 0.1) is 0 Å². The van der Waals surface area contributed by atoms with Gasteiger partial charge in [0.25, 0.3) is 13.4 Å². The molecule has 18 rings (SSSR count). The zero-order chi connectivity index (χ0) is 47.9. The largest absolute Gasteiger partial charge is 0.458 e. The number of ether oxygens (including phenoxy) is 4. The quantitative estimate of drug-likeness (QED) is 0.163. The van der Waals surface area contributed by atoms with Crippen LogP contribution in [0.5, 0.6) is 46.1 Å². The van der Waals surface area contributed by atoms with Crippen LogP contribution in [0.25, 0.3) is 78.3 Å². The summed E-state index contributed by atoms with van der Waals surface area (Å²) in [7, 11) is 0. The van der Waals surface area contributed by atoms with Crippen molar-refractivity contribution in [2.45, 2.75) is 0 Å². The summed E-state index contributed by atoms with van der Waals surface area (Å²) in [5.74, 6) is 7.32. The van der Waals surface area contributed by atoms with Crippen molar-refractivity contribution >= 4 is 102 Å². The lowest BCUT2D eigenvalue weighted by Crippen LogP contribution is -2.58. The molecular formula is C61H33B2N7O4. The van der Waals surface area contributed by atoms with Crippen molar-refractivity contribution in [2.24, 2.45) is 0 Å². The maximum Gasteiger partial charge on any atom is 0.262 e. The first kappa shape index (κ1) is 38.7. The SMILES string of the molecule is c1ccc2c(c1)Oc1cc(-n3c4ccccc4n4c5ccccc5nc34)c(-c3c(-n4c5ccccc5n5c6ccccc6nc45)nc4c5c3Oc3ccccc3B5c3ccccc3O4)c3c1B2c1ccccc1O3. The van der Waals surface area contributed by atoms with Gasteiger partial charge in [-0.05, 0) is 94.6 Å². The predicted molar refractivity (Wildman–Crippen MR) is 291 cm³/mol. The second-order valence-electron chi connectivity index (χ2n) is 19.4. The van der Waals surface area contributed by atoms with Gasteiger partial charge in [0, 0.05) is 17.0 Å². The Morgan fingerprint density at radius 3 is 1.32 bits per heavy atom. The monoisotopic (exact) mass is 949 g/mol. The van der Waals surface area contributed by atoms with Crippen LogP contribution < -0.4 is 51.7 Å². The summed E-state index contributed by atoms with van der Waals surface area (Å²) in [4.78, 5) is 16.7. The highest BCUT2D eigenvalue weighted by Gasteiger charge is 2.47. The number of hydrogen-bond acceptors (Lipinski definition) is 7. The van der Waals surface area contributed by atoms with E-state index in [-0.39, 0.29) is 13.4 Å². The smallest absolute Gasteiger partial charge is 0.262 e. The molecule has 11 nitrogen and oxygen atoms in total. The zero-order valence-electron chi connectivity index (χ0n) is 39.0. The van der Waals surface area contributed by atoms with Crippen molar-refractivity contribution in [1.82, 2.24) is 32.9 Å². The zero-order valence-corrected chi connectivity index (χ0v) is 39.0. The first-order valence-corrected chi connectivity index (χ1v) is 24.8. The van der Waals surface area contributed by atoms with Gasteiger partial charge in [-0.25, -0.2) is 9.97 Å². The molecule has 0 N–H and O–H groups in total. The van der Waals surface area contributed by atoms with Gasteiger partial charge >= 0.3 is 0 Å². The lowest BCUT2D eigenvalue weighted by atomic mass is 9.34. The Morgan fingerprint density at radius 2 is 0.757 bits per heavy atom. The summed E-state index contributed by atoms with van der Waals surface area (Å²) in [6, 6.07) is 69.0. The van der Waals surface area contributed by atoms with Crippen LogP contribution in [-0.4, -0.2) is 46.3 Å². The van der Waals surface area contributed by atoms with Crippen LogP contribution in [0.15, 0.2) is 200 Å². The Kier molecular flexibility index (Phi) is 7.27. The second kappa shape index (κ2) is 13.9. The number of fused-ring (bicyclic) bond motifs is 18. The van der Waals surface area contributed by atoms with Crippen LogP contribution in [0.1, 0.15) is 0 Å². The summed E-state index contributed by atoms with van der Waals surface area (Å²) in [6.07, 6.45) is 0. The lowest BCUT2D eigenvalue weighted by molar-refractivity contribution is 0.449. The van der Waals surface area contributed by atoms with Crippen molar-refractivity contribution < 1.29 is 18.9 Å². The van der Waals surface area contributed by atoms with Gasteiger partial charge in [-0.2, -0.15) is 4.98 Å². The molecule has 0 fully saturated rings. The Hall–Kier alpha value is -10.0. The topological polar surface area (TPSA) is 94.3 Å². The van der Waals surface area contributed by atoms with E-state index in [0.29, 0.717) is 40.3 Å². The Morgan fingerprint density at radius 1 is 0.338 bits per heavy atom. The predicted octanol–water partition coefficient (Wildman–Crippen LogP) is 9.69. The number of hydrogen-bond donors (Lipinski definition) is 0. The molecule has 0 amide bonds. The highest BCUT2D eigenvalue weighted by Crippen LogP contribution is 2.53. The lowest BCUT2D eigenvalue weighted by Gasteiger charge is -2.37. The van der Waals surface area contributed by atoms with E-state index in [9.17, 15) is 0 Å². The number of benzene rings is 9. The van der Waals surface area contributed by atoms with Gasteiger partial charge in [0.15, 0.2) is 5.82 Å². The summed E-state index contributed by atoms with van der Waals surface area (Å²) >= 11 is 0. The molecule has 0 atom stereocenters. The fourth-order valence-electron chi connectivity index (χ4n) is 12.7. The highest BCUT2D eigenvalue weighted by atomic mass is 16.5. The Bertz CT molecular complexity index is 4530. The molecule has 0 spiro atoms. The van der Waals surface area contributed by atoms with Crippen molar-refractivity contribution in [3.8, 4) is 68.8 Å². The van der Waals surface area contributed by atoms with Crippen LogP contribution in [0.2, 0.25) is 0 Å². The van der Waals surface area contributed by atoms with Gasteiger partial charge in [-0.1, -0.05) is 121 Å².